The molecule has 0 bridgehead atoms. The van der Waals surface area contributed by atoms with Crippen molar-refractivity contribution in [2.45, 2.75) is 13.1 Å². The average Bonchev–Trinajstić information content (AvgIpc) is 4.00. The molecule has 0 radical (unpaired) electrons. The van der Waals surface area contributed by atoms with Gasteiger partial charge in [-0.05, 0) is 84.0 Å². The van der Waals surface area contributed by atoms with Crippen LogP contribution in [-0.4, -0.2) is 60.8 Å². The third-order valence-electron chi connectivity index (χ3n) is 11.1. The van der Waals surface area contributed by atoms with E-state index in [-0.39, 0.29) is 12.3 Å². The van der Waals surface area contributed by atoms with Gasteiger partial charge in [0, 0.05) is 72.2 Å². The summed E-state index contributed by atoms with van der Waals surface area (Å²) in [5.74, 6) is 0. The number of rotatable bonds is 15. The fourth-order valence-corrected chi connectivity index (χ4v) is 13.7. The van der Waals surface area contributed by atoms with Gasteiger partial charge in [-0.1, -0.05) is 159 Å². The summed E-state index contributed by atoms with van der Waals surface area (Å²) in [6.45, 7) is 3.76. The number of nitro groups is 2. The molecule has 366 valence electrons. The van der Waals surface area contributed by atoms with E-state index >= 15 is 0 Å². The maximum Gasteiger partial charge on any atom is 0.277 e. The second-order valence-corrected chi connectivity index (χ2v) is 20.6. The molecule has 2 aliphatic heterocycles. The third kappa shape index (κ3) is 14.8. The number of anilines is 5. The van der Waals surface area contributed by atoms with Crippen LogP contribution in [0.4, 0.5) is 28.4 Å². The van der Waals surface area contributed by atoms with E-state index in [1.165, 1.54) is 17.5 Å². The maximum absolute atomic E-state index is 14.9. The second kappa shape index (κ2) is 27.1. The fourth-order valence-electron chi connectivity index (χ4n) is 7.94. The molecule has 7 aromatic rings. The SMILES string of the molecule is C.O=[N+]([O-])/C=C/c1ccccc1.O=[N+]([O-])CC(c1ccccc1)P1(=O)N(c2ccccc2)CCN1c1ccccc1.S=C(NCCOP1N(c2ccccc2)CCN1c1ccccc1)Nc1ccccc1. The van der Waals surface area contributed by atoms with E-state index in [2.05, 4.69) is 68.5 Å². The summed E-state index contributed by atoms with van der Waals surface area (Å²) >= 11 is 5.39. The Morgan fingerprint density at radius 3 is 1.46 bits per heavy atom. The van der Waals surface area contributed by atoms with Crippen LogP contribution in [0.25, 0.3) is 6.08 Å². The Morgan fingerprint density at radius 1 is 0.620 bits per heavy atom. The van der Waals surface area contributed by atoms with E-state index in [1.807, 2.05) is 161 Å². The van der Waals surface area contributed by atoms with E-state index < -0.39 is 33.0 Å². The molecule has 0 spiro atoms. The topological polar surface area (TPSA) is 150 Å². The van der Waals surface area contributed by atoms with E-state index in [0.29, 0.717) is 31.4 Å². The molecule has 2 fully saturated rings. The van der Waals surface area contributed by atoms with Crippen LogP contribution in [0.5, 0.6) is 0 Å². The predicted octanol–water partition coefficient (Wildman–Crippen LogP) is 13.0. The van der Waals surface area contributed by atoms with Crippen LogP contribution in [0.1, 0.15) is 24.2 Å². The first kappa shape index (κ1) is 53.0. The van der Waals surface area contributed by atoms with E-state index in [1.54, 1.807) is 12.1 Å². The van der Waals surface area contributed by atoms with Crippen molar-refractivity contribution in [3.8, 4) is 0 Å². The number of hydrogen-bond acceptors (Lipinski definition) is 9. The smallest absolute Gasteiger partial charge is 0.277 e. The Labute approximate surface area is 422 Å². The lowest BCUT2D eigenvalue weighted by molar-refractivity contribution is -0.480. The van der Waals surface area contributed by atoms with Gasteiger partial charge in [-0.3, -0.25) is 24.8 Å². The van der Waals surface area contributed by atoms with E-state index in [9.17, 15) is 24.8 Å². The lowest BCUT2D eigenvalue weighted by Gasteiger charge is -2.36. The highest BCUT2D eigenvalue weighted by Crippen LogP contribution is 2.69. The normalized spacial score (nSPS) is 14.3. The van der Waals surface area contributed by atoms with Crippen molar-refractivity contribution in [3.63, 3.8) is 0 Å². The Hall–Kier alpha value is -7.41. The average molecular weight is 1010 g/mol. The third-order valence-corrected chi connectivity index (χ3v) is 17.0. The molecule has 2 aliphatic rings. The minimum Gasteiger partial charge on any atom is -0.360 e. The summed E-state index contributed by atoms with van der Waals surface area (Å²) in [6, 6.07) is 68.3. The molecule has 2 heterocycles. The zero-order valence-corrected chi connectivity index (χ0v) is 40.9. The summed E-state index contributed by atoms with van der Waals surface area (Å²) < 4.78 is 29.7. The Balaban J connectivity index is 0.000000190. The Kier molecular flexibility index (Phi) is 20.2. The lowest BCUT2D eigenvalue weighted by Crippen LogP contribution is -2.31. The molecule has 7 aromatic carbocycles. The molecule has 0 aromatic heterocycles. The Morgan fingerprint density at radius 2 is 1.03 bits per heavy atom. The first-order valence-electron chi connectivity index (χ1n) is 22.7. The fraction of sp³-hybridized carbons (Fsp3) is 0.167. The van der Waals surface area contributed by atoms with Crippen molar-refractivity contribution in [3.05, 3.63) is 250 Å². The van der Waals surface area contributed by atoms with Crippen LogP contribution in [0.2, 0.25) is 0 Å². The summed E-state index contributed by atoms with van der Waals surface area (Å²) in [7, 11) is -4.34. The summed E-state index contributed by atoms with van der Waals surface area (Å²) in [6.07, 6.45) is 2.38. The van der Waals surface area contributed by atoms with Gasteiger partial charge in [-0.2, -0.15) is 0 Å². The van der Waals surface area contributed by atoms with Gasteiger partial charge in [-0.15, -0.1) is 0 Å². The van der Waals surface area contributed by atoms with Crippen molar-refractivity contribution >= 4 is 67.7 Å². The number of nitrogens with one attached hydrogen (secondary N) is 2. The number of para-hydroxylation sites is 5. The van der Waals surface area contributed by atoms with Crippen molar-refractivity contribution in [2.24, 2.45) is 0 Å². The van der Waals surface area contributed by atoms with Gasteiger partial charge in [0.25, 0.3) is 7.44 Å². The zero-order valence-electron chi connectivity index (χ0n) is 38.3. The highest BCUT2D eigenvalue weighted by Gasteiger charge is 2.52. The summed E-state index contributed by atoms with van der Waals surface area (Å²) in [5.41, 5.74) is 5.80. The quantitative estimate of drug-likeness (QED) is 0.0330. The number of nitrogens with zero attached hydrogens (tertiary/aromatic N) is 6. The standard InChI is InChI=1S/C23H25N4OPS.C22H22N3O3P.C8H7NO2.CH4/c30-23(25-20-10-4-1-5-11-20)24-16-19-28-29-26(21-12-6-2-7-13-21)17-18-27(29)22-14-8-3-9-15-22;26-25(27)18-22(19-10-4-1-5-11-19)29(28)23(20-12-6-2-7-13-20)16-17-24(29)21-14-8-3-9-15-21;10-9(11)7-6-8-4-2-1-3-5-8;/h1-15H,16-19H2,(H2,24,25,30);1-15,22H,16-18H2;1-7H;1H4/b;;7-6+;. The molecule has 2 N–H and O–H groups in total. The minimum absolute atomic E-state index is 0. The van der Waals surface area contributed by atoms with E-state index in [0.717, 1.165) is 47.5 Å². The van der Waals surface area contributed by atoms with Crippen molar-refractivity contribution in [1.29, 1.82) is 0 Å². The molecule has 0 aliphatic carbocycles. The summed E-state index contributed by atoms with van der Waals surface area (Å²) in [5, 5.41) is 28.5. The lowest BCUT2D eigenvalue weighted by atomic mass is 10.1. The van der Waals surface area contributed by atoms with Crippen LogP contribution in [0.15, 0.2) is 219 Å². The Bertz CT molecular complexity index is 2680. The molecule has 2 saturated heterocycles. The molecule has 1 unspecified atom stereocenters. The molecule has 71 heavy (non-hydrogen) atoms. The van der Waals surface area contributed by atoms with Crippen molar-refractivity contribution < 1.29 is 18.9 Å². The second-order valence-electron chi connectivity index (χ2n) is 15.7. The molecule has 17 heteroatoms. The van der Waals surface area contributed by atoms with Crippen LogP contribution >= 0.6 is 28.1 Å². The number of hydrogen-bond donors (Lipinski definition) is 2. The van der Waals surface area contributed by atoms with Gasteiger partial charge < -0.3 is 33.8 Å². The zero-order chi connectivity index (χ0) is 49.0. The van der Waals surface area contributed by atoms with Crippen LogP contribution in [0.3, 0.4) is 0 Å². The largest absolute Gasteiger partial charge is 0.360 e. The minimum atomic E-state index is -3.40. The number of thiocarbonyl (C=S) groups is 1. The van der Waals surface area contributed by atoms with Gasteiger partial charge in [-0.25, -0.2) is 0 Å². The first-order valence-corrected chi connectivity index (χ1v) is 25.9. The first-order chi connectivity index (χ1) is 34.2. The highest BCUT2D eigenvalue weighted by atomic mass is 32.1. The predicted molar refractivity (Wildman–Crippen MR) is 297 cm³/mol. The van der Waals surface area contributed by atoms with Crippen molar-refractivity contribution in [1.82, 2.24) is 5.32 Å². The monoisotopic (exact) mass is 1010 g/mol. The molecular formula is C54H58N8O6P2S. The molecule has 1 atom stereocenters. The van der Waals surface area contributed by atoms with Crippen LogP contribution < -0.4 is 29.3 Å². The van der Waals surface area contributed by atoms with Gasteiger partial charge >= 0.3 is 0 Å². The highest BCUT2D eigenvalue weighted by molar-refractivity contribution is 7.80. The summed E-state index contributed by atoms with van der Waals surface area (Å²) in [4.78, 5) is 20.7. The molecule has 14 nitrogen and oxygen atoms in total. The van der Waals surface area contributed by atoms with Gasteiger partial charge in [0.15, 0.2) is 5.11 Å². The number of benzene rings is 7. The molecular weight excluding hydrogens is 951 g/mol. The van der Waals surface area contributed by atoms with Gasteiger partial charge in [0.2, 0.25) is 21.2 Å². The van der Waals surface area contributed by atoms with Crippen LogP contribution in [0, 0.1) is 20.2 Å². The molecule has 0 amide bonds. The maximum atomic E-state index is 14.9. The van der Waals surface area contributed by atoms with Crippen molar-refractivity contribution in [2.75, 3.05) is 69.9 Å². The van der Waals surface area contributed by atoms with Crippen LogP contribution in [-0.2, 0) is 9.09 Å². The van der Waals surface area contributed by atoms with Gasteiger partial charge in [0.05, 0.1) is 11.5 Å². The molecule has 9 rings (SSSR count). The van der Waals surface area contributed by atoms with Gasteiger partial charge in [0.1, 0.15) is 5.66 Å². The van der Waals surface area contributed by atoms with E-state index in [4.69, 9.17) is 16.7 Å². The molecule has 0 saturated carbocycles.